The van der Waals surface area contributed by atoms with Gasteiger partial charge in [0.25, 0.3) is 0 Å². The number of carbonyl (C=O) groups excluding carboxylic acids is 6. The summed E-state index contributed by atoms with van der Waals surface area (Å²) in [5.74, 6) is -9.78. The van der Waals surface area contributed by atoms with Crippen LogP contribution in [0.3, 0.4) is 0 Å². The van der Waals surface area contributed by atoms with E-state index in [0.717, 1.165) is 16.7 Å². The maximum Gasteiger partial charge on any atom is 0.179 e. The van der Waals surface area contributed by atoms with Crippen molar-refractivity contribution >= 4 is 34.7 Å². The first-order valence-electron chi connectivity index (χ1n) is 19.8. The van der Waals surface area contributed by atoms with Gasteiger partial charge in [-0.3, -0.25) is 28.8 Å². The second-order valence-corrected chi connectivity index (χ2v) is 16.4. The van der Waals surface area contributed by atoms with E-state index < -0.39 is 52.0 Å². The summed E-state index contributed by atoms with van der Waals surface area (Å²) < 4.78 is 0. The minimum Gasteiger partial charge on any atom is -0.293 e. The molecule has 0 bridgehead atoms. The van der Waals surface area contributed by atoms with E-state index in [-0.39, 0.29) is 44.7 Å². The maximum atomic E-state index is 16.2. The summed E-state index contributed by atoms with van der Waals surface area (Å²) in [6, 6.07) is 43.4. The molecule has 59 heavy (non-hydrogen) atoms. The van der Waals surface area contributed by atoms with Crippen LogP contribution in [0.15, 0.2) is 164 Å². The lowest BCUT2D eigenvalue weighted by Crippen LogP contribution is -2.60. The first kappa shape index (κ1) is 42.0. The molecule has 0 fully saturated rings. The van der Waals surface area contributed by atoms with Crippen LogP contribution in [0.4, 0.5) is 0 Å². The van der Waals surface area contributed by atoms with Gasteiger partial charge in [0.15, 0.2) is 34.7 Å². The zero-order valence-electron chi connectivity index (χ0n) is 34.3. The van der Waals surface area contributed by atoms with Gasteiger partial charge in [-0.25, -0.2) is 0 Å². The molecule has 0 heterocycles. The Morgan fingerprint density at radius 1 is 0.390 bits per heavy atom. The first-order valence-corrected chi connectivity index (χ1v) is 19.8. The second-order valence-electron chi connectivity index (χ2n) is 16.4. The highest BCUT2D eigenvalue weighted by Gasteiger charge is 2.66. The average Bonchev–Trinajstić information content (AvgIpc) is 3.26. The van der Waals surface area contributed by atoms with Crippen molar-refractivity contribution in [2.45, 2.75) is 52.9 Å². The third-order valence-corrected chi connectivity index (χ3v) is 11.1. The molecule has 0 aliphatic carbocycles. The van der Waals surface area contributed by atoms with E-state index in [9.17, 15) is 0 Å². The number of rotatable bonds is 15. The zero-order valence-corrected chi connectivity index (χ0v) is 34.3. The topological polar surface area (TPSA) is 102 Å². The molecule has 0 saturated heterocycles. The van der Waals surface area contributed by atoms with Gasteiger partial charge in [0.2, 0.25) is 0 Å². The van der Waals surface area contributed by atoms with E-state index >= 15 is 28.8 Å². The zero-order chi connectivity index (χ0) is 42.5. The molecule has 0 saturated carbocycles. The van der Waals surface area contributed by atoms with Crippen LogP contribution in [0.1, 0.15) is 119 Å². The summed E-state index contributed by atoms with van der Waals surface area (Å²) in [6.45, 7) is 11.9. The van der Waals surface area contributed by atoms with E-state index in [2.05, 4.69) is 0 Å². The molecule has 6 heteroatoms. The van der Waals surface area contributed by atoms with Gasteiger partial charge in [-0.15, -0.1) is 0 Å². The van der Waals surface area contributed by atoms with Crippen LogP contribution in [0.25, 0.3) is 0 Å². The fourth-order valence-electron chi connectivity index (χ4n) is 7.67. The van der Waals surface area contributed by atoms with Crippen molar-refractivity contribution < 1.29 is 28.8 Å². The van der Waals surface area contributed by atoms with E-state index in [1.165, 1.54) is 48.5 Å². The highest BCUT2D eigenvalue weighted by Crippen LogP contribution is 2.48. The second kappa shape index (κ2) is 17.5. The van der Waals surface area contributed by atoms with Crippen LogP contribution >= 0.6 is 0 Å². The summed E-state index contributed by atoms with van der Waals surface area (Å²) in [5, 5.41) is 0. The lowest BCUT2D eigenvalue weighted by Gasteiger charge is -2.41. The van der Waals surface area contributed by atoms with Crippen molar-refractivity contribution in [1.82, 2.24) is 0 Å². The normalized spacial score (nSPS) is 13.5. The molecular formula is C53H48O6. The fourth-order valence-corrected chi connectivity index (χ4v) is 7.67. The van der Waals surface area contributed by atoms with Gasteiger partial charge >= 0.3 is 0 Å². The van der Waals surface area contributed by atoms with Gasteiger partial charge in [-0.2, -0.15) is 0 Å². The summed E-state index contributed by atoms with van der Waals surface area (Å²) in [6.07, 6.45) is 0. The van der Waals surface area contributed by atoms with Gasteiger partial charge in [0, 0.05) is 33.4 Å². The third-order valence-electron chi connectivity index (χ3n) is 11.1. The number of Topliss-reactive ketones (excluding diaryl/α,β-unsaturated/α-hetero) is 6. The number of ketones is 6. The van der Waals surface area contributed by atoms with Crippen molar-refractivity contribution in [1.29, 1.82) is 0 Å². The number of benzene rings is 6. The lowest BCUT2D eigenvalue weighted by molar-refractivity contribution is 0.0309. The van der Waals surface area contributed by atoms with E-state index in [0.29, 0.717) is 0 Å². The predicted octanol–water partition coefficient (Wildman–Crippen LogP) is 11.2. The molecule has 0 aliphatic heterocycles. The predicted molar refractivity (Wildman–Crippen MR) is 232 cm³/mol. The Morgan fingerprint density at radius 3 is 1.05 bits per heavy atom. The molecular weight excluding hydrogens is 733 g/mol. The van der Waals surface area contributed by atoms with Crippen LogP contribution in [0, 0.1) is 24.2 Å². The largest absolute Gasteiger partial charge is 0.293 e. The molecule has 0 aliphatic rings. The first-order chi connectivity index (χ1) is 28.2. The molecule has 0 amide bonds. The Morgan fingerprint density at radius 2 is 0.695 bits per heavy atom. The van der Waals surface area contributed by atoms with E-state index in [4.69, 9.17) is 0 Å². The molecule has 0 N–H and O–H groups in total. The number of carbonyl (C=O) groups is 6. The Balaban J connectivity index is 1.81. The van der Waals surface area contributed by atoms with Crippen molar-refractivity contribution in [3.05, 3.63) is 214 Å². The molecule has 6 aromatic carbocycles. The summed E-state index contributed by atoms with van der Waals surface area (Å²) in [5.41, 5.74) is -0.632. The van der Waals surface area contributed by atoms with Crippen LogP contribution in [0.5, 0.6) is 0 Å². The van der Waals surface area contributed by atoms with Crippen LogP contribution in [-0.2, 0) is 5.41 Å². The van der Waals surface area contributed by atoms with E-state index in [1.54, 1.807) is 115 Å². The van der Waals surface area contributed by atoms with Crippen molar-refractivity contribution in [2.24, 2.45) is 17.3 Å². The van der Waals surface area contributed by atoms with Crippen molar-refractivity contribution in [3.63, 3.8) is 0 Å². The highest BCUT2D eigenvalue weighted by atomic mass is 16.2. The van der Waals surface area contributed by atoms with Gasteiger partial charge < -0.3 is 0 Å². The molecule has 6 aromatic rings. The molecule has 0 spiro atoms. The van der Waals surface area contributed by atoms with Crippen LogP contribution < -0.4 is 0 Å². The molecule has 0 radical (unpaired) electrons. The van der Waals surface area contributed by atoms with Gasteiger partial charge in [0.1, 0.15) is 17.3 Å². The maximum absolute atomic E-state index is 16.2. The molecule has 296 valence electrons. The smallest absolute Gasteiger partial charge is 0.179 e. The van der Waals surface area contributed by atoms with E-state index in [1.807, 2.05) is 41.5 Å². The molecule has 3 unspecified atom stereocenters. The molecule has 0 aromatic heterocycles. The Labute approximate surface area is 346 Å². The van der Waals surface area contributed by atoms with Crippen LogP contribution in [0.2, 0.25) is 0 Å². The number of aryl methyl sites for hydroxylation is 1. The van der Waals surface area contributed by atoms with Gasteiger partial charge in [0.05, 0.1) is 0 Å². The fraction of sp³-hybridized carbons (Fsp3) is 0.208. The Kier molecular flexibility index (Phi) is 12.4. The average molecular weight is 781 g/mol. The highest BCUT2D eigenvalue weighted by molar-refractivity contribution is 6.34. The SMILES string of the molecule is Cc1ccc(C(=O)C(C(=O)c2ccccc2)C(C(=O)c2ccccc2)(C(=O)c2ccc(C(C)(C)C)cc2)C(C(=O)c2ccccc2)C(=O)c2ccc(C(C)C)cc2)cc1. The van der Waals surface area contributed by atoms with Crippen molar-refractivity contribution in [3.8, 4) is 0 Å². The lowest BCUT2D eigenvalue weighted by atomic mass is 9.53. The summed E-state index contributed by atoms with van der Waals surface area (Å²) in [4.78, 5) is 94.7. The minimum absolute atomic E-state index is 0.0266. The standard InChI is InChI=1S/C53H48O6/c1-34(2)36-26-28-40(29-27-36)49(57)45(47(55)38-18-12-8-13-19-38)53(50(58)41-20-14-9-15-21-41,51(59)42-30-32-43(33-31-42)52(4,5)6)44(46(54)37-16-10-7-11-17-37)48(56)39-24-22-35(3)23-25-39/h7-34,44-45H,1-6H3. The van der Waals surface area contributed by atoms with Gasteiger partial charge in [-0.05, 0) is 29.4 Å². The Bertz CT molecular complexity index is 2480. The summed E-state index contributed by atoms with van der Waals surface area (Å²) >= 11 is 0. The summed E-state index contributed by atoms with van der Waals surface area (Å²) in [7, 11) is 0. The molecule has 6 rings (SSSR count). The third kappa shape index (κ3) is 8.49. The quantitative estimate of drug-likeness (QED) is 0.0759. The van der Waals surface area contributed by atoms with Crippen molar-refractivity contribution in [2.75, 3.05) is 0 Å². The number of hydrogen-bond acceptors (Lipinski definition) is 6. The minimum atomic E-state index is -2.96. The van der Waals surface area contributed by atoms with Crippen LogP contribution in [-0.4, -0.2) is 34.7 Å². The molecule has 3 atom stereocenters. The number of hydrogen-bond donors (Lipinski definition) is 0. The monoisotopic (exact) mass is 780 g/mol. The van der Waals surface area contributed by atoms with Gasteiger partial charge in [-0.1, -0.05) is 204 Å². The molecule has 6 nitrogen and oxygen atoms in total. The Hall–Kier alpha value is -6.66.